The van der Waals surface area contributed by atoms with Crippen LogP contribution in [0.1, 0.15) is 27.4 Å². The maximum Gasteiger partial charge on any atom is 0.251 e. The summed E-state index contributed by atoms with van der Waals surface area (Å²) in [6.07, 6.45) is 0.207. The summed E-state index contributed by atoms with van der Waals surface area (Å²) >= 11 is 0. The first-order valence-corrected chi connectivity index (χ1v) is 6.55. The third kappa shape index (κ3) is 3.47. The lowest BCUT2D eigenvalue weighted by Gasteiger charge is -2.06. The largest absolute Gasteiger partial charge is 0.361 e. The third-order valence-electron chi connectivity index (χ3n) is 3.18. The number of benzene rings is 1. The van der Waals surface area contributed by atoms with Crippen LogP contribution < -0.4 is 10.6 Å². The van der Waals surface area contributed by atoms with Gasteiger partial charge < -0.3 is 15.2 Å². The Labute approximate surface area is 122 Å². The second-order valence-electron chi connectivity index (χ2n) is 4.68. The Balaban J connectivity index is 2.01. The summed E-state index contributed by atoms with van der Waals surface area (Å²) in [7, 11) is 1.57. The van der Waals surface area contributed by atoms with Crippen molar-refractivity contribution in [2.45, 2.75) is 20.3 Å². The van der Waals surface area contributed by atoms with E-state index in [1.165, 1.54) is 0 Å². The summed E-state index contributed by atoms with van der Waals surface area (Å²) < 4.78 is 5.03. The second kappa shape index (κ2) is 6.21. The van der Waals surface area contributed by atoms with E-state index >= 15 is 0 Å². The Morgan fingerprint density at radius 3 is 2.38 bits per heavy atom. The SMILES string of the molecule is CNC(=O)c1ccc(NC(=O)Cc2c(C)noc2C)cc1. The predicted octanol–water partition coefficient (Wildman–Crippen LogP) is 1.83. The molecular weight excluding hydrogens is 270 g/mol. The van der Waals surface area contributed by atoms with Crippen molar-refractivity contribution < 1.29 is 14.1 Å². The number of aryl methyl sites for hydroxylation is 2. The number of rotatable bonds is 4. The van der Waals surface area contributed by atoms with Crippen LogP contribution in [0, 0.1) is 13.8 Å². The first-order chi connectivity index (χ1) is 10.0. The average molecular weight is 287 g/mol. The number of carbonyl (C=O) groups excluding carboxylic acids is 2. The first kappa shape index (κ1) is 14.8. The Kier molecular flexibility index (Phi) is 4.37. The normalized spacial score (nSPS) is 10.2. The summed E-state index contributed by atoms with van der Waals surface area (Å²) in [6.45, 7) is 3.58. The molecule has 2 aromatic rings. The summed E-state index contributed by atoms with van der Waals surface area (Å²) in [5.74, 6) is 0.332. The van der Waals surface area contributed by atoms with E-state index in [9.17, 15) is 9.59 Å². The number of hydrogen-bond donors (Lipinski definition) is 2. The zero-order valence-corrected chi connectivity index (χ0v) is 12.2. The van der Waals surface area contributed by atoms with Gasteiger partial charge in [-0.05, 0) is 38.1 Å². The van der Waals surface area contributed by atoms with Gasteiger partial charge in [-0.2, -0.15) is 0 Å². The zero-order chi connectivity index (χ0) is 15.4. The van der Waals surface area contributed by atoms with Crippen LogP contribution in [0.15, 0.2) is 28.8 Å². The molecule has 0 saturated heterocycles. The van der Waals surface area contributed by atoms with Crippen molar-refractivity contribution >= 4 is 17.5 Å². The van der Waals surface area contributed by atoms with Crippen LogP contribution >= 0.6 is 0 Å². The molecule has 0 aliphatic rings. The van der Waals surface area contributed by atoms with Gasteiger partial charge in [0.25, 0.3) is 5.91 Å². The topological polar surface area (TPSA) is 84.2 Å². The molecule has 6 nitrogen and oxygen atoms in total. The molecule has 1 heterocycles. The number of hydrogen-bond acceptors (Lipinski definition) is 4. The second-order valence-corrected chi connectivity index (χ2v) is 4.68. The van der Waals surface area contributed by atoms with Crippen LogP contribution in [0.4, 0.5) is 5.69 Å². The average Bonchev–Trinajstić information content (AvgIpc) is 2.79. The molecular formula is C15H17N3O3. The molecule has 2 amide bonds. The van der Waals surface area contributed by atoms with Gasteiger partial charge in [-0.3, -0.25) is 9.59 Å². The van der Waals surface area contributed by atoms with Gasteiger partial charge in [-0.15, -0.1) is 0 Å². The minimum Gasteiger partial charge on any atom is -0.361 e. The first-order valence-electron chi connectivity index (χ1n) is 6.55. The van der Waals surface area contributed by atoms with Gasteiger partial charge in [-0.25, -0.2) is 0 Å². The van der Waals surface area contributed by atoms with Gasteiger partial charge in [0, 0.05) is 23.9 Å². The number of anilines is 1. The molecule has 0 unspecified atom stereocenters. The summed E-state index contributed by atoms with van der Waals surface area (Å²) in [6, 6.07) is 6.69. The van der Waals surface area contributed by atoms with Gasteiger partial charge >= 0.3 is 0 Å². The van der Waals surface area contributed by atoms with Crippen molar-refractivity contribution in [3.63, 3.8) is 0 Å². The fraction of sp³-hybridized carbons (Fsp3) is 0.267. The predicted molar refractivity (Wildman–Crippen MR) is 78.1 cm³/mol. The third-order valence-corrected chi connectivity index (χ3v) is 3.18. The molecule has 0 radical (unpaired) electrons. The quantitative estimate of drug-likeness (QED) is 0.898. The van der Waals surface area contributed by atoms with E-state index in [-0.39, 0.29) is 18.2 Å². The number of nitrogens with zero attached hydrogens (tertiary/aromatic N) is 1. The standard InChI is InChI=1S/C15H17N3O3/c1-9-13(10(2)21-18-9)8-14(19)17-12-6-4-11(5-7-12)15(20)16-3/h4-7H,8H2,1-3H3,(H,16,20)(H,17,19). The Morgan fingerprint density at radius 2 is 1.86 bits per heavy atom. The van der Waals surface area contributed by atoms with E-state index in [1.54, 1.807) is 45.2 Å². The van der Waals surface area contributed by atoms with E-state index in [2.05, 4.69) is 15.8 Å². The van der Waals surface area contributed by atoms with E-state index in [1.807, 2.05) is 0 Å². The van der Waals surface area contributed by atoms with E-state index in [0.29, 0.717) is 17.0 Å². The molecule has 0 atom stereocenters. The minimum atomic E-state index is -0.163. The van der Waals surface area contributed by atoms with Gasteiger partial charge in [0.1, 0.15) is 5.76 Å². The van der Waals surface area contributed by atoms with Gasteiger partial charge in [0.15, 0.2) is 0 Å². The molecule has 110 valence electrons. The fourth-order valence-corrected chi connectivity index (χ4v) is 1.97. The summed E-state index contributed by atoms with van der Waals surface area (Å²) in [4.78, 5) is 23.4. The van der Waals surface area contributed by atoms with Crippen molar-refractivity contribution in [2.75, 3.05) is 12.4 Å². The fourth-order valence-electron chi connectivity index (χ4n) is 1.97. The molecule has 6 heteroatoms. The molecule has 2 rings (SSSR count). The highest BCUT2D eigenvalue weighted by molar-refractivity contribution is 5.96. The lowest BCUT2D eigenvalue weighted by atomic mass is 10.1. The monoisotopic (exact) mass is 287 g/mol. The lowest BCUT2D eigenvalue weighted by Crippen LogP contribution is -2.18. The summed E-state index contributed by atoms with van der Waals surface area (Å²) in [5, 5.41) is 9.14. The van der Waals surface area contributed by atoms with Crippen LogP contribution in [-0.2, 0) is 11.2 Å². The van der Waals surface area contributed by atoms with Crippen molar-refractivity contribution in [3.8, 4) is 0 Å². The Bertz CT molecular complexity index is 640. The van der Waals surface area contributed by atoms with Crippen molar-refractivity contribution in [2.24, 2.45) is 0 Å². The van der Waals surface area contributed by atoms with Crippen LogP contribution in [0.3, 0.4) is 0 Å². The van der Waals surface area contributed by atoms with Gasteiger partial charge in [0.2, 0.25) is 5.91 Å². The van der Waals surface area contributed by atoms with Crippen LogP contribution in [0.25, 0.3) is 0 Å². The molecule has 0 bridgehead atoms. The van der Waals surface area contributed by atoms with Gasteiger partial charge in [0.05, 0.1) is 12.1 Å². The van der Waals surface area contributed by atoms with Gasteiger partial charge in [-0.1, -0.05) is 5.16 Å². The molecule has 1 aromatic carbocycles. The van der Waals surface area contributed by atoms with E-state index in [4.69, 9.17) is 4.52 Å². The molecule has 21 heavy (non-hydrogen) atoms. The molecule has 0 fully saturated rings. The molecule has 0 aliphatic carbocycles. The Morgan fingerprint density at radius 1 is 1.19 bits per heavy atom. The van der Waals surface area contributed by atoms with Crippen LogP contribution in [0.2, 0.25) is 0 Å². The smallest absolute Gasteiger partial charge is 0.251 e. The lowest BCUT2D eigenvalue weighted by molar-refractivity contribution is -0.115. The maximum atomic E-state index is 12.0. The highest BCUT2D eigenvalue weighted by Crippen LogP contribution is 2.15. The van der Waals surface area contributed by atoms with Crippen molar-refractivity contribution in [3.05, 3.63) is 46.8 Å². The molecule has 2 N–H and O–H groups in total. The maximum absolute atomic E-state index is 12.0. The number of amides is 2. The van der Waals surface area contributed by atoms with Crippen LogP contribution in [0.5, 0.6) is 0 Å². The van der Waals surface area contributed by atoms with E-state index in [0.717, 1.165) is 11.3 Å². The van der Waals surface area contributed by atoms with Crippen molar-refractivity contribution in [1.29, 1.82) is 0 Å². The molecule has 0 aliphatic heterocycles. The number of nitrogens with one attached hydrogen (secondary N) is 2. The van der Waals surface area contributed by atoms with E-state index < -0.39 is 0 Å². The Hall–Kier alpha value is -2.63. The number of aromatic nitrogens is 1. The highest BCUT2D eigenvalue weighted by Gasteiger charge is 2.13. The zero-order valence-electron chi connectivity index (χ0n) is 12.2. The molecule has 0 spiro atoms. The van der Waals surface area contributed by atoms with Crippen LogP contribution in [-0.4, -0.2) is 24.0 Å². The molecule has 0 saturated carbocycles. The highest BCUT2D eigenvalue weighted by atomic mass is 16.5. The van der Waals surface area contributed by atoms with Crippen molar-refractivity contribution in [1.82, 2.24) is 10.5 Å². The summed E-state index contributed by atoms with van der Waals surface area (Å²) in [5.41, 5.74) is 2.70. The number of carbonyl (C=O) groups is 2. The minimum absolute atomic E-state index is 0.155. The molecule has 1 aromatic heterocycles.